The van der Waals surface area contributed by atoms with E-state index in [-0.39, 0.29) is 17.7 Å². The Morgan fingerprint density at radius 1 is 1.35 bits per heavy atom. The Hall–Kier alpha value is -0.900. The Kier molecular flexibility index (Phi) is 4.84. The summed E-state index contributed by atoms with van der Waals surface area (Å²) in [5.41, 5.74) is 8.94. The van der Waals surface area contributed by atoms with Crippen molar-refractivity contribution in [2.24, 2.45) is 5.73 Å². The van der Waals surface area contributed by atoms with Gasteiger partial charge < -0.3 is 10.5 Å². The molecule has 1 fully saturated rings. The van der Waals surface area contributed by atoms with Crippen molar-refractivity contribution < 1.29 is 4.74 Å². The molecule has 0 radical (unpaired) electrons. The second kappa shape index (κ2) is 6.25. The second-order valence-corrected chi connectivity index (χ2v) is 6.39. The first-order valence-electron chi connectivity index (χ1n) is 7.57. The molecule has 2 rings (SSSR count). The third kappa shape index (κ3) is 3.22. The number of aryl methyl sites for hydroxylation is 1. The van der Waals surface area contributed by atoms with Gasteiger partial charge in [-0.25, -0.2) is 0 Å². The van der Waals surface area contributed by atoms with Crippen molar-refractivity contribution in [1.29, 1.82) is 0 Å². The molecule has 3 unspecified atom stereocenters. The van der Waals surface area contributed by atoms with Crippen LogP contribution in [0.15, 0.2) is 24.3 Å². The number of ether oxygens (including phenoxy) is 1. The summed E-state index contributed by atoms with van der Waals surface area (Å²) in [6.45, 7) is 8.53. The molecule has 1 heterocycles. The minimum absolute atomic E-state index is 0.0475. The SMILES string of the molecule is COC1(C)CCCN(C(c2ccccc2C)C(C)N)C1. The van der Waals surface area contributed by atoms with Crippen LogP contribution >= 0.6 is 0 Å². The molecule has 0 spiro atoms. The zero-order valence-electron chi connectivity index (χ0n) is 13.2. The lowest BCUT2D eigenvalue weighted by molar-refractivity contribution is -0.0637. The topological polar surface area (TPSA) is 38.5 Å². The Labute approximate surface area is 123 Å². The maximum Gasteiger partial charge on any atom is 0.0777 e. The molecule has 1 aromatic rings. The van der Waals surface area contributed by atoms with E-state index < -0.39 is 0 Å². The first-order chi connectivity index (χ1) is 9.47. The maximum atomic E-state index is 6.32. The van der Waals surface area contributed by atoms with Gasteiger partial charge in [-0.1, -0.05) is 24.3 Å². The van der Waals surface area contributed by atoms with E-state index in [4.69, 9.17) is 10.5 Å². The van der Waals surface area contributed by atoms with E-state index >= 15 is 0 Å². The number of methoxy groups -OCH3 is 1. The Morgan fingerprint density at radius 3 is 2.65 bits per heavy atom. The molecule has 0 saturated carbocycles. The average molecular weight is 276 g/mol. The fourth-order valence-corrected chi connectivity index (χ4v) is 3.38. The van der Waals surface area contributed by atoms with Crippen LogP contribution in [0, 0.1) is 6.92 Å². The molecule has 1 aromatic carbocycles. The predicted molar refractivity (Wildman–Crippen MR) is 83.8 cm³/mol. The van der Waals surface area contributed by atoms with E-state index in [0.717, 1.165) is 19.5 Å². The van der Waals surface area contributed by atoms with Crippen LogP contribution in [-0.2, 0) is 4.74 Å². The van der Waals surface area contributed by atoms with Gasteiger partial charge in [0.25, 0.3) is 0 Å². The molecule has 0 amide bonds. The molecule has 2 N–H and O–H groups in total. The number of piperidine rings is 1. The summed E-state index contributed by atoms with van der Waals surface area (Å²) in [5, 5.41) is 0. The van der Waals surface area contributed by atoms with Gasteiger partial charge in [0.2, 0.25) is 0 Å². The van der Waals surface area contributed by atoms with Crippen molar-refractivity contribution in [1.82, 2.24) is 4.90 Å². The van der Waals surface area contributed by atoms with Crippen LogP contribution < -0.4 is 5.73 Å². The van der Waals surface area contributed by atoms with Gasteiger partial charge >= 0.3 is 0 Å². The van der Waals surface area contributed by atoms with Crippen molar-refractivity contribution >= 4 is 0 Å². The first kappa shape index (κ1) is 15.5. The van der Waals surface area contributed by atoms with Crippen molar-refractivity contribution in [2.75, 3.05) is 20.2 Å². The van der Waals surface area contributed by atoms with Crippen molar-refractivity contribution in [3.05, 3.63) is 35.4 Å². The highest BCUT2D eigenvalue weighted by Crippen LogP contribution is 2.33. The van der Waals surface area contributed by atoms with Crippen LogP contribution in [-0.4, -0.2) is 36.7 Å². The van der Waals surface area contributed by atoms with Crippen LogP contribution in [0.3, 0.4) is 0 Å². The zero-order valence-corrected chi connectivity index (χ0v) is 13.2. The van der Waals surface area contributed by atoms with E-state index in [1.54, 1.807) is 0 Å². The molecule has 3 nitrogen and oxygen atoms in total. The van der Waals surface area contributed by atoms with Crippen LogP contribution in [0.1, 0.15) is 43.9 Å². The van der Waals surface area contributed by atoms with Gasteiger partial charge in [0, 0.05) is 25.7 Å². The van der Waals surface area contributed by atoms with Crippen LogP contribution in [0.25, 0.3) is 0 Å². The van der Waals surface area contributed by atoms with Crippen LogP contribution in [0.2, 0.25) is 0 Å². The molecule has 1 aliphatic heterocycles. The standard InChI is InChI=1S/C17H28N2O/c1-13-8-5-6-9-15(13)16(14(2)18)19-11-7-10-17(3,12-19)20-4/h5-6,8-9,14,16H,7,10-12,18H2,1-4H3. The van der Waals surface area contributed by atoms with Crippen LogP contribution in [0.5, 0.6) is 0 Å². The normalized spacial score (nSPS) is 27.2. The summed E-state index contributed by atoms with van der Waals surface area (Å²) >= 11 is 0. The lowest BCUT2D eigenvalue weighted by Crippen LogP contribution is -2.51. The molecule has 0 aromatic heterocycles. The van der Waals surface area contributed by atoms with E-state index in [0.29, 0.717) is 0 Å². The lowest BCUT2D eigenvalue weighted by atomic mass is 9.89. The number of benzene rings is 1. The summed E-state index contributed by atoms with van der Waals surface area (Å²) in [6, 6.07) is 8.96. The minimum Gasteiger partial charge on any atom is -0.377 e. The second-order valence-electron chi connectivity index (χ2n) is 6.39. The fourth-order valence-electron chi connectivity index (χ4n) is 3.38. The molecule has 20 heavy (non-hydrogen) atoms. The highest BCUT2D eigenvalue weighted by Gasteiger charge is 2.36. The molecule has 0 aliphatic carbocycles. The summed E-state index contributed by atoms with van der Waals surface area (Å²) in [5.74, 6) is 0. The Morgan fingerprint density at radius 2 is 2.05 bits per heavy atom. The number of likely N-dealkylation sites (tertiary alicyclic amines) is 1. The van der Waals surface area contributed by atoms with E-state index in [2.05, 4.69) is 49.9 Å². The van der Waals surface area contributed by atoms with E-state index in [9.17, 15) is 0 Å². The Balaban J connectivity index is 2.28. The number of rotatable bonds is 4. The first-order valence-corrected chi connectivity index (χ1v) is 7.57. The molecule has 0 bridgehead atoms. The van der Waals surface area contributed by atoms with Crippen molar-refractivity contribution in [2.45, 2.75) is 51.3 Å². The monoisotopic (exact) mass is 276 g/mol. The molecule has 3 atom stereocenters. The predicted octanol–water partition coefficient (Wildman–Crippen LogP) is 2.88. The third-order valence-electron chi connectivity index (χ3n) is 4.58. The number of nitrogens with zero attached hydrogens (tertiary/aromatic N) is 1. The lowest BCUT2D eigenvalue weighted by Gasteiger charge is -2.44. The van der Waals surface area contributed by atoms with Gasteiger partial charge in [-0.05, 0) is 51.3 Å². The van der Waals surface area contributed by atoms with Gasteiger partial charge in [-0.3, -0.25) is 4.90 Å². The quantitative estimate of drug-likeness (QED) is 0.919. The third-order valence-corrected chi connectivity index (χ3v) is 4.58. The number of hydrogen-bond acceptors (Lipinski definition) is 3. The minimum atomic E-state index is -0.0475. The van der Waals surface area contributed by atoms with Gasteiger partial charge in [0.1, 0.15) is 0 Å². The highest BCUT2D eigenvalue weighted by molar-refractivity contribution is 5.30. The summed E-state index contributed by atoms with van der Waals surface area (Å²) in [4.78, 5) is 2.50. The molecule has 3 heteroatoms. The van der Waals surface area contributed by atoms with Crippen molar-refractivity contribution in [3.8, 4) is 0 Å². The zero-order chi connectivity index (χ0) is 14.8. The fraction of sp³-hybridized carbons (Fsp3) is 0.647. The van der Waals surface area contributed by atoms with Gasteiger partial charge in [-0.2, -0.15) is 0 Å². The number of hydrogen-bond donors (Lipinski definition) is 1. The Bertz CT molecular complexity index is 446. The van der Waals surface area contributed by atoms with E-state index in [1.165, 1.54) is 17.5 Å². The molecule has 1 saturated heterocycles. The van der Waals surface area contributed by atoms with Gasteiger partial charge in [0.05, 0.1) is 5.60 Å². The summed E-state index contributed by atoms with van der Waals surface area (Å²) in [6.07, 6.45) is 2.29. The smallest absolute Gasteiger partial charge is 0.0777 e. The van der Waals surface area contributed by atoms with Crippen LogP contribution in [0.4, 0.5) is 0 Å². The molecule has 1 aliphatic rings. The average Bonchev–Trinajstić information content (AvgIpc) is 2.41. The molecule has 112 valence electrons. The van der Waals surface area contributed by atoms with Gasteiger partial charge in [0.15, 0.2) is 0 Å². The highest BCUT2D eigenvalue weighted by atomic mass is 16.5. The molecular formula is C17H28N2O. The van der Waals surface area contributed by atoms with Crippen molar-refractivity contribution in [3.63, 3.8) is 0 Å². The number of nitrogens with two attached hydrogens (primary N) is 1. The summed E-state index contributed by atoms with van der Waals surface area (Å²) < 4.78 is 5.72. The molecular weight excluding hydrogens is 248 g/mol. The van der Waals surface area contributed by atoms with E-state index in [1.807, 2.05) is 7.11 Å². The van der Waals surface area contributed by atoms with Gasteiger partial charge in [-0.15, -0.1) is 0 Å². The largest absolute Gasteiger partial charge is 0.377 e. The summed E-state index contributed by atoms with van der Waals surface area (Å²) in [7, 11) is 1.82. The maximum absolute atomic E-state index is 6.32.